The van der Waals surface area contributed by atoms with Crippen molar-refractivity contribution in [3.63, 3.8) is 0 Å². The molecule has 0 aliphatic rings. The summed E-state index contributed by atoms with van der Waals surface area (Å²) in [7, 11) is 0. The summed E-state index contributed by atoms with van der Waals surface area (Å²) in [5.41, 5.74) is 6.53. The van der Waals surface area contributed by atoms with Crippen molar-refractivity contribution in [3.05, 3.63) is 48.0 Å². The fourth-order valence-electron chi connectivity index (χ4n) is 2.76. The van der Waals surface area contributed by atoms with Gasteiger partial charge >= 0.3 is 0 Å². The summed E-state index contributed by atoms with van der Waals surface area (Å²) in [6.07, 6.45) is 1.53. The van der Waals surface area contributed by atoms with Gasteiger partial charge in [0, 0.05) is 13.1 Å². The van der Waals surface area contributed by atoms with E-state index in [9.17, 15) is 4.79 Å². The largest absolute Gasteiger partial charge is 0.351 e. The standard InChI is InChI=1S/C18H24N2O/c1-3-18(4-2,13-19)17(21)20-12-15-10-7-9-14-8-5-6-11-16(14)15/h5-11H,3-4,12-13,19H2,1-2H3,(H,20,21). The highest BCUT2D eigenvalue weighted by Gasteiger charge is 2.32. The Morgan fingerprint density at radius 2 is 1.76 bits per heavy atom. The van der Waals surface area contributed by atoms with Crippen molar-refractivity contribution in [1.29, 1.82) is 0 Å². The van der Waals surface area contributed by atoms with E-state index in [0.717, 1.165) is 18.4 Å². The van der Waals surface area contributed by atoms with E-state index in [2.05, 4.69) is 29.6 Å². The molecule has 112 valence electrons. The van der Waals surface area contributed by atoms with Crippen molar-refractivity contribution in [2.75, 3.05) is 6.54 Å². The molecule has 0 radical (unpaired) electrons. The molecule has 0 saturated carbocycles. The molecule has 0 atom stereocenters. The molecule has 0 aromatic heterocycles. The Balaban J connectivity index is 2.17. The van der Waals surface area contributed by atoms with Crippen molar-refractivity contribution in [3.8, 4) is 0 Å². The van der Waals surface area contributed by atoms with Crippen molar-refractivity contribution in [2.45, 2.75) is 33.2 Å². The second-order valence-corrected chi connectivity index (χ2v) is 5.51. The quantitative estimate of drug-likeness (QED) is 0.855. The third-order valence-corrected chi connectivity index (χ3v) is 4.55. The van der Waals surface area contributed by atoms with Crippen LogP contribution < -0.4 is 11.1 Å². The molecule has 2 aromatic carbocycles. The van der Waals surface area contributed by atoms with Crippen LogP contribution in [0.4, 0.5) is 0 Å². The van der Waals surface area contributed by atoms with Crippen LogP contribution >= 0.6 is 0 Å². The maximum atomic E-state index is 12.5. The van der Waals surface area contributed by atoms with E-state index in [1.807, 2.05) is 32.0 Å². The number of carbonyl (C=O) groups excluding carboxylic acids is 1. The van der Waals surface area contributed by atoms with Crippen molar-refractivity contribution in [2.24, 2.45) is 11.1 Å². The van der Waals surface area contributed by atoms with Crippen molar-refractivity contribution < 1.29 is 4.79 Å². The average molecular weight is 284 g/mol. The summed E-state index contributed by atoms with van der Waals surface area (Å²) < 4.78 is 0. The highest BCUT2D eigenvalue weighted by Crippen LogP contribution is 2.25. The minimum Gasteiger partial charge on any atom is -0.351 e. The van der Waals surface area contributed by atoms with Crippen LogP contribution in [-0.4, -0.2) is 12.5 Å². The Morgan fingerprint density at radius 3 is 2.43 bits per heavy atom. The highest BCUT2D eigenvalue weighted by atomic mass is 16.2. The van der Waals surface area contributed by atoms with Gasteiger partial charge in [0.25, 0.3) is 0 Å². The summed E-state index contributed by atoms with van der Waals surface area (Å²) in [6, 6.07) is 14.4. The number of hydrogen-bond donors (Lipinski definition) is 2. The summed E-state index contributed by atoms with van der Waals surface area (Å²) >= 11 is 0. The summed E-state index contributed by atoms with van der Waals surface area (Å²) in [4.78, 5) is 12.5. The molecule has 0 saturated heterocycles. The molecule has 3 heteroatoms. The Morgan fingerprint density at radius 1 is 1.10 bits per heavy atom. The number of rotatable bonds is 6. The highest BCUT2D eigenvalue weighted by molar-refractivity contribution is 5.87. The van der Waals surface area contributed by atoms with Gasteiger partial charge in [0.1, 0.15) is 0 Å². The first-order valence-corrected chi connectivity index (χ1v) is 7.62. The van der Waals surface area contributed by atoms with Gasteiger partial charge < -0.3 is 11.1 Å². The van der Waals surface area contributed by atoms with Gasteiger partial charge in [-0.2, -0.15) is 0 Å². The molecule has 1 amide bonds. The molecule has 2 aromatic rings. The molecule has 0 spiro atoms. The van der Waals surface area contributed by atoms with Gasteiger partial charge in [-0.25, -0.2) is 0 Å². The minimum absolute atomic E-state index is 0.0583. The molecular weight excluding hydrogens is 260 g/mol. The lowest BCUT2D eigenvalue weighted by molar-refractivity contribution is -0.131. The SMILES string of the molecule is CCC(CC)(CN)C(=O)NCc1cccc2ccccc12. The van der Waals surface area contributed by atoms with Crippen LogP contribution in [-0.2, 0) is 11.3 Å². The zero-order valence-corrected chi connectivity index (χ0v) is 12.9. The predicted octanol–water partition coefficient (Wildman–Crippen LogP) is 3.22. The first-order valence-electron chi connectivity index (χ1n) is 7.62. The molecule has 21 heavy (non-hydrogen) atoms. The number of amides is 1. The molecular formula is C18H24N2O. The summed E-state index contributed by atoms with van der Waals surface area (Å²) in [5, 5.41) is 5.45. The monoisotopic (exact) mass is 284 g/mol. The maximum absolute atomic E-state index is 12.5. The first-order chi connectivity index (χ1) is 10.2. The lowest BCUT2D eigenvalue weighted by Gasteiger charge is -2.28. The molecule has 0 fully saturated rings. The molecule has 3 nitrogen and oxygen atoms in total. The number of carbonyl (C=O) groups is 1. The first kappa shape index (κ1) is 15.5. The lowest BCUT2D eigenvalue weighted by atomic mass is 9.81. The van der Waals surface area contributed by atoms with Crippen molar-refractivity contribution in [1.82, 2.24) is 5.32 Å². The Bertz CT molecular complexity index is 604. The number of nitrogens with one attached hydrogen (secondary N) is 1. The van der Waals surface area contributed by atoms with Crippen LogP contribution in [0.2, 0.25) is 0 Å². The van der Waals surface area contributed by atoms with Crippen molar-refractivity contribution >= 4 is 16.7 Å². The van der Waals surface area contributed by atoms with Gasteiger partial charge in [-0.05, 0) is 29.2 Å². The van der Waals surface area contributed by atoms with Crippen LogP contribution in [0, 0.1) is 5.41 Å². The summed E-state index contributed by atoms with van der Waals surface area (Å²) in [6.45, 7) is 4.98. The van der Waals surface area contributed by atoms with Crippen LogP contribution in [0.15, 0.2) is 42.5 Å². The van der Waals surface area contributed by atoms with Crippen LogP contribution in [0.3, 0.4) is 0 Å². The van der Waals surface area contributed by atoms with Crippen LogP contribution in [0.25, 0.3) is 10.8 Å². The second kappa shape index (κ2) is 6.72. The van der Waals surface area contributed by atoms with Crippen LogP contribution in [0.1, 0.15) is 32.3 Å². The zero-order chi connectivity index (χ0) is 15.3. The Hall–Kier alpha value is -1.87. The molecule has 0 bridgehead atoms. The van der Waals surface area contributed by atoms with Gasteiger partial charge in [-0.3, -0.25) is 4.79 Å². The fraction of sp³-hybridized carbons (Fsp3) is 0.389. The normalized spacial score (nSPS) is 11.6. The molecule has 0 aliphatic carbocycles. The summed E-state index contributed by atoms with van der Waals surface area (Å²) in [5.74, 6) is 0.0583. The fourth-order valence-corrected chi connectivity index (χ4v) is 2.76. The van der Waals surface area contributed by atoms with Gasteiger partial charge in [0.05, 0.1) is 5.41 Å². The van der Waals surface area contributed by atoms with E-state index in [1.54, 1.807) is 0 Å². The maximum Gasteiger partial charge on any atom is 0.227 e. The third kappa shape index (κ3) is 3.08. The Labute approximate surface area is 126 Å². The van der Waals surface area contributed by atoms with E-state index in [-0.39, 0.29) is 5.91 Å². The van der Waals surface area contributed by atoms with Gasteiger partial charge in [-0.15, -0.1) is 0 Å². The van der Waals surface area contributed by atoms with E-state index in [4.69, 9.17) is 5.73 Å². The number of fused-ring (bicyclic) bond motifs is 1. The third-order valence-electron chi connectivity index (χ3n) is 4.55. The lowest BCUT2D eigenvalue weighted by Crippen LogP contribution is -2.45. The number of hydrogen-bond acceptors (Lipinski definition) is 2. The van der Waals surface area contributed by atoms with Crippen LogP contribution in [0.5, 0.6) is 0 Å². The van der Waals surface area contributed by atoms with Gasteiger partial charge in [0.2, 0.25) is 5.91 Å². The van der Waals surface area contributed by atoms with Gasteiger partial charge in [0.15, 0.2) is 0 Å². The number of nitrogens with two attached hydrogens (primary N) is 1. The molecule has 0 aliphatic heterocycles. The van der Waals surface area contributed by atoms with E-state index in [1.165, 1.54) is 10.8 Å². The smallest absolute Gasteiger partial charge is 0.227 e. The number of benzene rings is 2. The topological polar surface area (TPSA) is 55.1 Å². The average Bonchev–Trinajstić information content (AvgIpc) is 2.55. The van der Waals surface area contributed by atoms with E-state index >= 15 is 0 Å². The van der Waals surface area contributed by atoms with Gasteiger partial charge in [-0.1, -0.05) is 56.3 Å². The second-order valence-electron chi connectivity index (χ2n) is 5.51. The van der Waals surface area contributed by atoms with E-state index in [0.29, 0.717) is 13.1 Å². The molecule has 0 unspecified atom stereocenters. The minimum atomic E-state index is -0.440. The van der Waals surface area contributed by atoms with E-state index < -0.39 is 5.41 Å². The predicted molar refractivity (Wildman–Crippen MR) is 87.9 cm³/mol. The molecule has 3 N–H and O–H groups in total. The molecule has 2 rings (SSSR count). The molecule has 0 heterocycles. The Kier molecular flexibility index (Phi) is 4.97. The zero-order valence-electron chi connectivity index (χ0n) is 12.9.